The average molecular weight is 301 g/mol. The summed E-state index contributed by atoms with van der Waals surface area (Å²) in [5.74, 6) is 3.14. The third kappa shape index (κ3) is 1.70. The van der Waals surface area contributed by atoms with Crippen LogP contribution >= 0.6 is 0 Å². The second-order valence-electron chi connectivity index (χ2n) is 9.37. The first-order valence-corrected chi connectivity index (χ1v) is 9.58. The van der Waals surface area contributed by atoms with E-state index in [-0.39, 0.29) is 5.41 Å². The fraction of sp³-hybridized carbons (Fsp3) is 0.950. The van der Waals surface area contributed by atoms with Crippen molar-refractivity contribution in [1.82, 2.24) is 0 Å². The summed E-state index contributed by atoms with van der Waals surface area (Å²) >= 11 is 0. The van der Waals surface area contributed by atoms with Gasteiger partial charge in [-0.15, -0.1) is 0 Å². The van der Waals surface area contributed by atoms with Crippen molar-refractivity contribution < 1.29 is 5.11 Å². The summed E-state index contributed by atoms with van der Waals surface area (Å²) < 4.78 is 0. The second-order valence-corrected chi connectivity index (χ2v) is 9.37. The molecule has 0 aromatic heterocycles. The molecule has 122 valence electrons. The van der Waals surface area contributed by atoms with Crippen LogP contribution < -0.4 is 0 Å². The minimum atomic E-state index is -1.06. The van der Waals surface area contributed by atoms with E-state index in [4.69, 9.17) is 0 Å². The minimum Gasteiger partial charge on any atom is -0.375 e. The fourth-order valence-electron chi connectivity index (χ4n) is 7.49. The summed E-state index contributed by atoms with van der Waals surface area (Å²) in [4.78, 5) is 0. The zero-order valence-corrected chi connectivity index (χ0v) is 14.3. The molecule has 22 heavy (non-hydrogen) atoms. The molecule has 0 amide bonds. The Morgan fingerprint density at radius 3 is 2.45 bits per heavy atom. The van der Waals surface area contributed by atoms with E-state index in [9.17, 15) is 10.4 Å². The van der Waals surface area contributed by atoms with Crippen molar-refractivity contribution in [3.8, 4) is 6.07 Å². The molecule has 4 saturated carbocycles. The predicted octanol–water partition coefficient (Wildman–Crippen LogP) is 4.67. The van der Waals surface area contributed by atoms with Crippen molar-refractivity contribution in [3.63, 3.8) is 0 Å². The van der Waals surface area contributed by atoms with Gasteiger partial charge in [-0.05, 0) is 80.5 Å². The lowest BCUT2D eigenvalue weighted by Gasteiger charge is -2.60. The van der Waals surface area contributed by atoms with Crippen LogP contribution in [0.4, 0.5) is 0 Å². The van der Waals surface area contributed by atoms with E-state index in [1.54, 1.807) is 0 Å². The average Bonchev–Trinajstić information content (AvgIpc) is 2.79. The molecule has 7 atom stereocenters. The van der Waals surface area contributed by atoms with Gasteiger partial charge in [0, 0.05) is 5.41 Å². The van der Waals surface area contributed by atoms with Gasteiger partial charge in [-0.2, -0.15) is 5.26 Å². The summed E-state index contributed by atoms with van der Waals surface area (Å²) in [6.07, 6.45) is 12.6. The maximum Gasteiger partial charge on any atom is 0.156 e. The summed E-state index contributed by atoms with van der Waals surface area (Å²) in [6.45, 7) is 4.81. The molecule has 4 aliphatic carbocycles. The molecule has 0 heterocycles. The number of rotatable bonds is 0. The highest BCUT2D eigenvalue weighted by molar-refractivity contribution is 5.20. The van der Waals surface area contributed by atoms with Crippen LogP contribution in [-0.2, 0) is 0 Å². The molecular formula is C20H31NO. The first-order chi connectivity index (χ1) is 10.4. The molecule has 0 unspecified atom stereocenters. The summed E-state index contributed by atoms with van der Waals surface area (Å²) in [5.41, 5.74) is -0.663. The van der Waals surface area contributed by atoms with E-state index in [2.05, 4.69) is 19.9 Å². The largest absolute Gasteiger partial charge is 0.375 e. The van der Waals surface area contributed by atoms with Crippen LogP contribution in [0.3, 0.4) is 0 Å². The van der Waals surface area contributed by atoms with Crippen LogP contribution in [0.25, 0.3) is 0 Å². The molecular weight excluding hydrogens is 270 g/mol. The van der Waals surface area contributed by atoms with Crippen molar-refractivity contribution >= 4 is 0 Å². The van der Waals surface area contributed by atoms with Crippen molar-refractivity contribution in [1.29, 1.82) is 5.26 Å². The highest BCUT2D eigenvalue weighted by Crippen LogP contribution is 2.68. The van der Waals surface area contributed by atoms with Crippen LogP contribution in [0, 0.1) is 45.8 Å². The number of fused-ring (bicyclic) bond motifs is 5. The number of hydrogen-bond donors (Lipinski definition) is 1. The van der Waals surface area contributed by atoms with Crippen molar-refractivity contribution in [2.75, 3.05) is 0 Å². The van der Waals surface area contributed by atoms with Gasteiger partial charge >= 0.3 is 0 Å². The SMILES string of the molecule is C[C@]12CCCC[C@H]1CC[C@@H]1[C@@H]2CC[C@@]2(C)[C@H]1CC[C@]2(O)C#N. The Morgan fingerprint density at radius 2 is 1.68 bits per heavy atom. The Morgan fingerprint density at radius 1 is 0.909 bits per heavy atom. The van der Waals surface area contributed by atoms with Crippen molar-refractivity contribution in [2.45, 2.75) is 83.7 Å². The summed E-state index contributed by atoms with van der Waals surface area (Å²) in [5, 5.41) is 20.4. The maximum absolute atomic E-state index is 10.9. The summed E-state index contributed by atoms with van der Waals surface area (Å²) in [7, 11) is 0. The predicted molar refractivity (Wildman–Crippen MR) is 86.9 cm³/mol. The lowest BCUT2D eigenvalue weighted by molar-refractivity contribution is -0.135. The number of nitriles is 1. The van der Waals surface area contributed by atoms with Gasteiger partial charge in [0.25, 0.3) is 0 Å². The monoisotopic (exact) mass is 301 g/mol. The highest BCUT2D eigenvalue weighted by atomic mass is 16.3. The molecule has 4 fully saturated rings. The number of aliphatic hydroxyl groups is 1. The normalized spacial score (nSPS) is 57.4. The smallest absolute Gasteiger partial charge is 0.156 e. The third-order valence-electron chi connectivity index (χ3n) is 8.92. The van der Waals surface area contributed by atoms with Gasteiger partial charge in [0.05, 0.1) is 6.07 Å². The zero-order chi connectivity index (χ0) is 15.6. The van der Waals surface area contributed by atoms with E-state index in [1.807, 2.05) is 0 Å². The lowest BCUT2D eigenvalue weighted by atomic mass is 9.44. The van der Waals surface area contributed by atoms with E-state index in [0.29, 0.717) is 17.8 Å². The second kappa shape index (κ2) is 4.73. The van der Waals surface area contributed by atoms with Crippen molar-refractivity contribution in [2.24, 2.45) is 34.5 Å². The standard InChI is InChI=1S/C20H31NO/c1-18-10-4-3-5-14(18)6-7-15-16(18)8-11-19(2)17(15)9-12-20(19,22)13-21/h14-17,22H,3-12H2,1-2H3/t14-,15+,16-,17-,18-,19-,20-/m0/s1. The number of nitrogens with zero attached hydrogens (tertiary/aromatic N) is 1. The molecule has 1 N–H and O–H groups in total. The first kappa shape index (κ1) is 15.0. The molecule has 0 saturated heterocycles. The Bertz CT molecular complexity index is 510. The Balaban J connectivity index is 1.67. The molecule has 2 heteroatoms. The first-order valence-electron chi connectivity index (χ1n) is 9.58. The van der Waals surface area contributed by atoms with Gasteiger partial charge in [0.15, 0.2) is 5.60 Å². The van der Waals surface area contributed by atoms with E-state index in [0.717, 1.165) is 30.6 Å². The highest BCUT2D eigenvalue weighted by Gasteiger charge is 2.64. The fourth-order valence-corrected chi connectivity index (χ4v) is 7.49. The van der Waals surface area contributed by atoms with Gasteiger partial charge in [-0.3, -0.25) is 0 Å². The van der Waals surface area contributed by atoms with Gasteiger partial charge < -0.3 is 5.11 Å². The topological polar surface area (TPSA) is 44.0 Å². The Kier molecular flexibility index (Phi) is 3.22. The van der Waals surface area contributed by atoms with Gasteiger partial charge in [-0.25, -0.2) is 0 Å². The molecule has 0 aromatic rings. The van der Waals surface area contributed by atoms with Crippen LogP contribution in [0.2, 0.25) is 0 Å². The molecule has 4 aliphatic rings. The molecule has 0 aromatic carbocycles. The molecule has 0 spiro atoms. The van der Waals surface area contributed by atoms with Crippen LogP contribution in [-0.4, -0.2) is 10.7 Å². The van der Waals surface area contributed by atoms with Gasteiger partial charge in [-0.1, -0.05) is 26.7 Å². The lowest BCUT2D eigenvalue weighted by Crippen LogP contribution is -2.55. The molecule has 0 radical (unpaired) electrons. The third-order valence-corrected chi connectivity index (χ3v) is 8.92. The Labute approximate surface area is 135 Å². The minimum absolute atomic E-state index is 0.152. The summed E-state index contributed by atoms with van der Waals surface area (Å²) in [6, 6.07) is 2.30. The van der Waals surface area contributed by atoms with E-state index < -0.39 is 5.60 Å². The van der Waals surface area contributed by atoms with E-state index >= 15 is 0 Å². The van der Waals surface area contributed by atoms with Crippen molar-refractivity contribution in [3.05, 3.63) is 0 Å². The zero-order valence-electron chi connectivity index (χ0n) is 14.3. The van der Waals surface area contributed by atoms with Gasteiger partial charge in [0.1, 0.15) is 0 Å². The molecule has 4 rings (SSSR count). The molecule has 2 nitrogen and oxygen atoms in total. The Hall–Kier alpha value is -0.550. The molecule has 0 bridgehead atoms. The van der Waals surface area contributed by atoms with Crippen LogP contribution in [0.15, 0.2) is 0 Å². The van der Waals surface area contributed by atoms with Gasteiger partial charge in [0.2, 0.25) is 0 Å². The van der Waals surface area contributed by atoms with E-state index in [1.165, 1.54) is 44.9 Å². The van der Waals surface area contributed by atoms with Crippen LogP contribution in [0.5, 0.6) is 0 Å². The number of hydrogen-bond acceptors (Lipinski definition) is 2. The quantitative estimate of drug-likeness (QED) is 0.661. The van der Waals surface area contributed by atoms with Crippen LogP contribution in [0.1, 0.15) is 78.1 Å². The maximum atomic E-state index is 10.9. The molecule has 0 aliphatic heterocycles.